The van der Waals surface area contributed by atoms with Crippen molar-refractivity contribution in [3.8, 4) is 0 Å². The summed E-state index contributed by atoms with van der Waals surface area (Å²) in [5.74, 6) is -0.781. The fraction of sp³-hybridized carbons (Fsp3) is 0.500. The molecule has 0 heterocycles. The molecule has 2 unspecified atom stereocenters. The number of carbonyl (C=O) groups excluding carboxylic acids is 1. The third-order valence-corrected chi connectivity index (χ3v) is 3.53. The van der Waals surface area contributed by atoms with E-state index in [0.29, 0.717) is 12.0 Å². The van der Waals surface area contributed by atoms with E-state index in [1.54, 1.807) is 26.0 Å². The zero-order valence-corrected chi connectivity index (χ0v) is 11.9. The zero-order chi connectivity index (χ0) is 15.3. The number of amides is 1. The SMILES string of the molecule is CCC(C)(CO)NC(=O)C(C)c1cccc([N+](=O)[O-])c1. The third-order valence-electron chi connectivity index (χ3n) is 3.53. The van der Waals surface area contributed by atoms with Crippen molar-refractivity contribution in [1.82, 2.24) is 5.32 Å². The number of aliphatic hydroxyl groups excluding tert-OH is 1. The highest BCUT2D eigenvalue weighted by molar-refractivity contribution is 5.84. The summed E-state index contributed by atoms with van der Waals surface area (Å²) in [6.45, 7) is 5.15. The molecule has 0 fully saturated rings. The van der Waals surface area contributed by atoms with Gasteiger partial charge in [-0.1, -0.05) is 19.1 Å². The lowest BCUT2D eigenvalue weighted by molar-refractivity contribution is -0.384. The highest BCUT2D eigenvalue weighted by atomic mass is 16.6. The van der Waals surface area contributed by atoms with Crippen LogP contribution in [0.5, 0.6) is 0 Å². The van der Waals surface area contributed by atoms with Gasteiger partial charge in [-0.25, -0.2) is 0 Å². The van der Waals surface area contributed by atoms with E-state index in [0.717, 1.165) is 0 Å². The number of carbonyl (C=O) groups is 1. The lowest BCUT2D eigenvalue weighted by atomic mass is 9.95. The van der Waals surface area contributed by atoms with E-state index in [1.165, 1.54) is 12.1 Å². The largest absolute Gasteiger partial charge is 0.394 e. The van der Waals surface area contributed by atoms with Gasteiger partial charge in [0.1, 0.15) is 0 Å². The first kappa shape index (κ1) is 16.1. The van der Waals surface area contributed by atoms with Crippen LogP contribution in [0.25, 0.3) is 0 Å². The smallest absolute Gasteiger partial charge is 0.269 e. The molecule has 0 aliphatic rings. The molecule has 0 spiro atoms. The van der Waals surface area contributed by atoms with E-state index in [2.05, 4.69) is 5.32 Å². The molecule has 1 aromatic rings. The molecule has 2 atom stereocenters. The molecule has 0 aliphatic carbocycles. The van der Waals surface area contributed by atoms with Crippen molar-refractivity contribution in [2.24, 2.45) is 0 Å². The van der Waals surface area contributed by atoms with Gasteiger partial charge in [-0.2, -0.15) is 0 Å². The maximum atomic E-state index is 12.2. The van der Waals surface area contributed by atoms with Crippen molar-refractivity contribution in [3.05, 3.63) is 39.9 Å². The van der Waals surface area contributed by atoms with E-state index >= 15 is 0 Å². The van der Waals surface area contributed by atoms with Gasteiger partial charge in [-0.05, 0) is 25.8 Å². The summed E-state index contributed by atoms with van der Waals surface area (Å²) in [7, 11) is 0. The number of aliphatic hydroxyl groups is 1. The molecule has 110 valence electrons. The normalized spacial score (nSPS) is 15.2. The topological polar surface area (TPSA) is 92.5 Å². The van der Waals surface area contributed by atoms with Crippen LogP contribution in [0, 0.1) is 10.1 Å². The van der Waals surface area contributed by atoms with Crippen molar-refractivity contribution in [2.75, 3.05) is 6.61 Å². The standard InChI is InChI=1S/C14H20N2O4/c1-4-14(3,9-17)15-13(18)10(2)11-6-5-7-12(8-11)16(19)20/h5-8,10,17H,4,9H2,1-3H3,(H,15,18). The van der Waals surface area contributed by atoms with Crippen LogP contribution < -0.4 is 5.32 Å². The van der Waals surface area contributed by atoms with Crippen molar-refractivity contribution in [3.63, 3.8) is 0 Å². The second-order valence-corrected chi connectivity index (χ2v) is 5.14. The molecular weight excluding hydrogens is 260 g/mol. The summed E-state index contributed by atoms with van der Waals surface area (Å²) in [5.41, 5.74) is -0.137. The minimum atomic E-state index is -0.675. The lowest BCUT2D eigenvalue weighted by Gasteiger charge is -2.28. The molecule has 1 rings (SSSR count). The first-order valence-electron chi connectivity index (χ1n) is 6.50. The average molecular weight is 280 g/mol. The number of non-ortho nitro benzene ring substituents is 1. The molecular formula is C14H20N2O4. The van der Waals surface area contributed by atoms with Crippen LogP contribution in [0.4, 0.5) is 5.69 Å². The molecule has 20 heavy (non-hydrogen) atoms. The molecule has 0 aromatic heterocycles. The van der Waals surface area contributed by atoms with Gasteiger partial charge in [-0.15, -0.1) is 0 Å². The summed E-state index contributed by atoms with van der Waals surface area (Å²) in [5, 5.41) is 22.8. The van der Waals surface area contributed by atoms with E-state index in [-0.39, 0.29) is 18.2 Å². The number of nitrogens with zero attached hydrogens (tertiary/aromatic N) is 1. The second-order valence-electron chi connectivity index (χ2n) is 5.14. The van der Waals surface area contributed by atoms with Gasteiger partial charge < -0.3 is 10.4 Å². The average Bonchev–Trinajstić information content (AvgIpc) is 2.46. The molecule has 1 aromatic carbocycles. The fourth-order valence-electron chi connectivity index (χ4n) is 1.70. The van der Waals surface area contributed by atoms with Crippen LogP contribution in [-0.4, -0.2) is 28.1 Å². The Morgan fingerprint density at radius 2 is 2.20 bits per heavy atom. The van der Waals surface area contributed by atoms with Crippen LogP contribution in [-0.2, 0) is 4.79 Å². The summed E-state index contributed by atoms with van der Waals surface area (Å²) < 4.78 is 0. The van der Waals surface area contributed by atoms with Gasteiger partial charge >= 0.3 is 0 Å². The van der Waals surface area contributed by atoms with Crippen LogP contribution in [0.2, 0.25) is 0 Å². The molecule has 0 radical (unpaired) electrons. The second kappa shape index (κ2) is 6.47. The van der Waals surface area contributed by atoms with Crippen LogP contribution >= 0.6 is 0 Å². The van der Waals surface area contributed by atoms with Crippen molar-refractivity contribution >= 4 is 11.6 Å². The minimum Gasteiger partial charge on any atom is -0.394 e. The lowest BCUT2D eigenvalue weighted by Crippen LogP contribution is -2.49. The van der Waals surface area contributed by atoms with Crippen molar-refractivity contribution in [2.45, 2.75) is 38.6 Å². The Hall–Kier alpha value is -1.95. The van der Waals surface area contributed by atoms with Gasteiger partial charge in [0.05, 0.1) is 23.0 Å². The Labute approximate surface area is 118 Å². The van der Waals surface area contributed by atoms with E-state index in [9.17, 15) is 20.0 Å². The third kappa shape index (κ3) is 3.77. The van der Waals surface area contributed by atoms with Gasteiger partial charge in [0, 0.05) is 12.1 Å². The monoisotopic (exact) mass is 280 g/mol. The predicted octanol–water partition coefficient (Wildman–Crippen LogP) is 1.98. The molecule has 0 aliphatic heterocycles. The molecule has 6 nitrogen and oxygen atoms in total. The number of hydrogen-bond acceptors (Lipinski definition) is 4. The van der Waals surface area contributed by atoms with Gasteiger partial charge in [-0.3, -0.25) is 14.9 Å². The maximum Gasteiger partial charge on any atom is 0.269 e. The van der Waals surface area contributed by atoms with Crippen molar-refractivity contribution < 1.29 is 14.8 Å². The van der Waals surface area contributed by atoms with E-state index in [4.69, 9.17) is 0 Å². The summed E-state index contributed by atoms with van der Waals surface area (Å²) in [6.07, 6.45) is 0.594. The highest BCUT2D eigenvalue weighted by Crippen LogP contribution is 2.22. The predicted molar refractivity (Wildman–Crippen MR) is 75.4 cm³/mol. The Balaban J connectivity index is 2.89. The number of hydrogen-bond donors (Lipinski definition) is 2. The first-order chi connectivity index (χ1) is 9.33. The zero-order valence-electron chi connectivity index (χ0n) is 11.9. The Kier molecular flexibility index (Phi) is 5.21. The van der Waals surface area contributed by atoms with E-state index in [1.807, 2.05) is 6.92 Å². The molecule has 0 saturated carbocycles. The Morgan fingerprint density at radius 1 is 1.55 bits per heavy atom. The molecule has 6 heteroatoms. The number of nitro groups is 1. The quantitative estimate of drug-likeness (QED) is 0.615. The summed E-state index contributed by atoms with van der Waals surface area (Å²) in [4.78, 5) is 22.4. The number of rotatable bonds is 6. The van der Waals surface area contributed by atoms with Crippen LogP contribution in [0.3, 0.4) is 0 Å². The maximum absolute atomic E-state index is 12.2. The number of benzene rings is 1. The fourth-order valence-corrected chi connectivity index (χ4v) is 1.70. The van der Waals surface area contributed by atoms with Gasteiger partial charge in [0.15, 0.2) is 0 Å². The van der Waals surface area contributed by atoms with E-state index < -0.39 is 16.4 Å². The highest BCUT2D eigenvalue weighted by Gasteiger charge is 2.26. The van der Waals surface area contributed by atoms with Crippen molar-refractivity contribution in [1.29, 1.82) is 0 Å². The molecule has 1 amide bonds. The molecule has 0 bridgehead atoms. The summed E-state index contributed by atoms with van der Waals surface area (Å²) in [6, 6.07) is 6.02. The first-order valence-corrected chi connectivity index (χ1v) is 6.50. The summed E-state index contributed by atoms with van der Waals surface area (Å²) >= 11 is 0. The van der Waals surface area contributed by atoms with Gasteiger partial charge in [0.2, 0.25) is 5.91 Å². The molecule has 2 N–H and O–H groups in total. The molecule has 0 saturated heterocycles. The van der Waals surface area contributed by atoms with Gasteiger partial charge in [0.25, 0.3) is 5.69 Å². The number of nitro benzene ring substituents is 1. The number of nitrogens with one attached hydrogen (secondary N) is 1. The minimum absolute atomic E-state index is 0.0393. The van der Waals surface area contributed by atoms with Crippen LogP contribution in [0.15, 0.2) is 24.3 Å². The Bertz CT molecular complexity index is 498. The van der Waals surface area contributed by atoms with Crippen LogP contribution in [0.1, 0.15) is 38.7 Å². The Morgan fingerprint density at radius 3 is 2.70 bits per heavy atom.